The SMILES string of the molecule is Cc1noc(C2(c3ccc(Cl)cc3)CCOCC2)n1. The maximum Gasteiger partial charge on any atom is 0.237 e. The molecule has 2 heterocycles. The quantitative estimate of drug-likeness (QED) is 0.847. The standard InChI is InChI=1S/C14H15ClN2O2/c1-10-16-13(19-17-10)14(6-8-18-9-7-14)11-2-4-12(15)5-3-11/h2-5H,6-9H2,1H3. The Morgan fingerprint density at radius 1 is 1.16 bits per heavy atom. The summed E-state index contributed by atoms with van der Waals surface area (Å²) in [7, 11) is 0. The van der Waals surface area contributed by atoms with Crippen molar-refractivity contribution in [1.29, 1.82) is 0 Å². The lowest BCUT2D eigenvalue weighted by Crippen LogP contribution is -2.35. The van der Waals surface area contributed by atoms with Crippen LogP contribution >= 0.6 is 11.6 Å². The first kappa shape index (κ1) is 12.6. The first-order valence-corrected chi connectivity index (χ1v) is 6.73. The van der Waals surface area contributed by atoms with Crippen LogP contribution in [0.1, 0.15) is 30.1 Å². The summed E-state index contributed by atoms with van der Waals surface area (Å²) in [5, 5.41) is 4.66. The molecule has 1 aromatic heterocycles. The summed E-state index contributed by atoms with van der Waals surface area (Å²) in [5.41, 5.74) is 0.910. The number of ether oxygens (including phenoxy) is 1. The van der Waals surface area contributed by atoms with E-state index in [4.69, 9.17) is 20.9 Å². The molecular weight excluding hydrogens is 264 g/mol. The average molecular weight is 279 g/mol. The van der Waals surface area contributed by atoms with Crippen molar-refractivity contribution in [1.82, 2.24) is 10.1 Å². The van der Waals surface area contributed by atoms with Crippen LogP contribution in [-0.2, 0) is 10.2 Å². The van der Waals surface area contributed by atoms with Crippen LogP contribution in [0.4, 0.5) is 0 Å². The highest BCUT2D eigenvalue weighted by Crippen LogP contribution is 2.40. The second-order valence-electron chi connectivity index (χ2n) is 4.85. The van der Waals surface area contributed by atoms with Crippen molar-refractivity contribution in [3.63, 3.8) is 0 Å². The highest BCUT2D eigenvalue weighted by atomic mass is 35.5. The Bertz CT molecular complexity index is 559. The zero-order valence-electron chi connectivity index (χ0n) is 10.7. The molecule has 1 aliphatic heterocycles. The smallest absolute Gasteiger partial charge is 0.237 e. The van der Waals surface area contributed by atoms with E-state index in [0.717, 1.165) is 23.4 Å². The molecule has 1 aliphatic rings. The van der Waals surface area contributed by atoms with E-state index < -0.39 is 0 Å². The molecule has 1 saturated heterocycles. The van der Waals surface area contributed by atoms with Gasteiger partial charge in [-0.1, -0.05) is 28.9 Å². The summed E-state index contributed by atoms with van der Waals surface area (Å²) < 4.78 is 10.9. The minimum atomic E-state index is -0.246. The van der Waals surface area contributed by atoms with Gasteiger partial charge in [0.2, 0.25) is 5.89 Å². The van der Waals surface area contributed by atoms with Crippen molar-refractivity contribution in [2.24, 2.45) is 0 Å². The van der Waals surface area contributed by atoms with E-state index in [1.165, 1.54) is 0 Å². The summed E-state index contributed by atoms with van der Waals surface area (Å²) >= 11 is 5.97. The molecule has 19 heavy (non-hydrogen) atoms. The van der Waals surface area contributed by atoms with E-state index in [2.05, 4.69) is 10.1 Å². The summed E-state index contributed by atoms with van der Waals surface area (Å²) in [6.45, 7) is 3.23. The van der Waals surface area contributed by atoms with Crippen molar-refractivity contribution >= 4 is 11.6 Å². The van der Waals surface area contributed by atoms with Crippen molar-refractivity contribution in [3.8, 4) is 0 Å². The van der Waals surface area contributed by atoms with Gasteiger partial charge in [0, 0.05) is 18.2 Å². The Morgan fingerprint density at radius 2 is 1.84 bits per heavy atom. The van der Waals surface area contributed by atoms with Gasteiger partial charge in [0.1, 0.15) is 0 Å². The zero-order valence-corrected chi connectivity index (χ0v) is 11.5. The highest BCUT2D eigenvalue weighted by Gasteiger charge is 2.41. The number of benzene rings is 1. The monoisotopic (exact) mass is 278 g/mol. The van der Waals surface area contributed by atoms with Crippen LogP contribution in [0.2, 0.25) is 5.02 Å². The molecule has 1 aromatic carbocycles. The zero-order chi connectivity index (χ0) is 13.3. The molecule has 0 N–H and O–H groups in total. The minimum Gasteiger partial charge on any atom is -0.381 e. The van der Waals surface area contributed by atoms with E-state index in [-0.39, 0.29) is 5.41 Å². The Balaban J connectivity index is 2.08. The maximum absolute atomic E-state index is 5.97. The Morgan fingerprint density at radius 3 is 2.42 bits per heavy atom. The van der Waals surface area contributed by atoms with Crippen LogP contribution < -0.4 is 0 Å². The number of hydrogen-bond donors (Lipinski definition) is 0. The van der Waals surface area contributed by atoms with E-state index >= 15 is 0 Å². The number of rotatable bonds is 2. The van der Waals surface area contributed by atoms with Gasteiger partial charge in [-0.3, -0.25) is 0 Å². The van der Waals surface area contributed by atoms with Crippen LogP contribution in [-0.4, -0.2) is 23.4 Å². The molecule has 0 aliphatic carbocycles. The maximum atomic E-state index is 5.97. The fourth-order valence-electron chi connectivity index (χ4n) is 2.61. The van der Waals surface area contributed by atoms with Gasteiger partial charge < -0.3 is 9.26 Å². The van der Waals surface area contributed by atoms with E-state index in [1.54, 1.807) is 0 Å². The normalized spacial score (nSPS) is 18.4. The van der Waals surface area contributed by atoms with Gasteiger partial charge in [-0.25, -0.2) is 0 Å². The topological polar surface area (TPSA) is 48.2 Å². The summed E-state index contributed by atoms with van der Waals surface area (Å²) in [5.74, 6) is 1.34. The molecule has 3 rings (SSSR count). The molecule has 4 nitrogen and oxygen atoms in total. The van der Waals surface area contributed by atoms with Crippen LogP contribution in [0.15, 0.2) is 28.8 Å². The predicted molar refractivity (Wildman–Crippen MR) is 71.3 cm³/mol. The summed E-state index contributed by atoms with van der Waals surface area (Å²) in [6, 6.07) is 7.87. The average Bonchev–Trinajstić information content (AvgIpc) is 2.87. The molecule has 2 aromatic rings. The summed E-state index contributed by atoms with van der Waals surface area (Å²) in [4.78, 5) is 4.44. The lowest BCUT2D eigenvalue weighted by molar-refractivity contribution is 0.0523. The molecule has 0 unspecified atom stereocenters. The lowest BCUT2D eigenvalue weighted by atomic mass is 9.74. The van der Waals surface area contributed by atoms with Crippen molar-refractivity contribution < 1.29 is 9.26 Å². The second-order valence-corrected chi connectivity index (χ2v) is 5.28. The number of halogens is 1. The Labute approximate surface area is 116 Å². The Hall–Kier alpha value is -1.39. The third-order valence-corrected chi connectivity index (χ3v) is 3.93. The minimum absolute atomic E-state index is 0.246. The van der Waals surface area contributed by atoms with Gasteiger partial charge in [-0.15, -0.1) is 0 Å². The lowest BCUT2D eigenvalue weighted by Gasteiger charge is -2.34. The number of aryl methyl sites for hydroxylation is 1. The Kier molecular flexibility index (Phi) is 3.29. The predicted octanol–water partition coefficient (Wildman–Crippen LogP) is 3.13. The third kappa shape index (κ3) is 2.26. The largest absolute Gasteiger partial charge is 0.381 e. The number of nitrogens with zero attached hydrogens (tertiary/aromatic N) is 2. The van der Waals surface area contributed by atoms with Gasteiger partial charge in [0.05, 0.1) is 5.41 Å². The molecule has 0 bridgehead atoms. The van der Waals surface area contributed by atoms with Crippen LogP contribution in [0, 0.1) is 6.92 Å². The van der Waals surface area contributed by atoms with Crippen LogP contribution in [0.3, 0.4) is 0 Å². The molecule has 0 radical (unpaired) electrons. The first-order valence-electron chi connectivity index (χ1n) is 6.35. The van der Waals surface area contributed by atoms with E-state index in [1.807, 2.05) is 31.2 Å². The molecule has 1 fully saturated rings. The summed E-state index contributed by atoms with van der Waals surface area (Å²) in [6.07, 6.45) is 1.69. The van der Waals surface area contributed by atoms with E-state index in [0.29, 0.717) is 24.9 Å². The fourth-order valence-corrected chi connectivity index (χ4v) is 2.73. The van der Waals surface area contributed by atoms with Gasteiger partial charge in [0.15, 0.2) is 5.82 Å². The van der Waals surface area contributed by atoms with Gasteiger partial charge in [0.25, 0.3) is 0 Å². The molecule has 0 amide bonds. The second kappa shape index (κ2) is 4.94. The highest BCUT2D eigenvalue weighted by molar-refractivity contribution is 6.30. The molecular formula is C14H15ClN2O2. The third-order valence-electron chi connectivity index (χ3n) is 3.68. The first-order chi connectivity index (χ1) is 9.21. The number of aromatic nitrogens is 2. The number of hydrogen-bond acceptors (Lipinski definition) is 4. The van der Waals surface area contributed by atoms with Crippen molar-refractivity contribution in [2.75, 3.05) is 13.2 Å². The molecule has 0 atom stereocenters. The van der Waals surface area contributed by atoms with Gasteiger partial charge in [-0.05, 0) is 37.5 Å². The van der Waals surface area contributed by atoms with Gasteiger partial charge in [-0.2, -0.15) is 4.98 Å². The fraction of sp³-hybridized carbons (Fsp3) is 0.429. The van der Waals surface area contributed by atoms with E-state index in [9.17, 15) is 0 Å². The van der Waals surface area contributed by atoms with Crippen LogP contribution in [0.5, 0.6) is 0 Å². The molecule has 5 heteroatoms. The van der Waals surface area contributed by atoms with Gasteiger partial charge >= 0.3 is 0 Å². The van der Waals surface area contributed by atoms with Crippen molar-refractivity contribution in [2.45, 2.75) is 25.2 Å². The van der Waals surface area contributed by atoms with Crippen LogP contribution in [0.25, 0.3) is 0 Å². The molecule has 100 valence electrons. The molecule has 0 saturated carbocycles. The van der Waals surface area contributed by atoms with Crippen molar-refractivity contribution in [3.05, 3.63) is 46.6 Å². The molecule has 0 spiro atoms.